The third-order valence-electron chi connectivity index (χ3n) is 3.63. The predicted molar refractivity (Wildman–Crippen MR) is 47.9 cm³/mol. The zero-order chi connectivity index (χ0) is 9.64. The number of carbonyl (C=O) groups is 1. The van der Waals surface area contributed by atoms with Crippen molar-refractivity contribution in [2.24, 2.45) is 11.3 Å². The Morgan fingerprint density at radius 2 is 2.15 bits per heavy atom. The van der Waals surface area contributed by atoms with E-state index in [1.807, 2.05) is 13.8 Å². The van der Waals surface area contributed by atoms with Crippen molar-refractivity contribution in [3.63, 3.8) is 0 Å². The highest BCUT2D eigenvalue weighted by molar-refractivity contribution is 5.85. The summed E-state index contributed by atoms with van der Waals surface area (Å²) in [6.07, 6.45) is 1.68. The van der Waals surface area contributed by atoms with Gasteiger partial charge in [0, 0.05) is 5.41 Å². The first-order valence-electron chi connectivity index (χ1n) is 4.98. The summed E-state index contributed by atoms with van der Waals surface area (Å²) in [5, 5.41) is 2.78. The zero-order valence-electron chi connectivity index (χ0n) is 8.14. The smallest absolute Gasteiger partial charge is 0.226 e. The van der Waals surface area contributed by atoms with Gasteiger partial charge in [0.15, 0.2) is 0 Å². The molecule has 1 saturated carbocycles. The van der Waals surface area contributed by atoms with Gasteiger partial charge in [0.2, 0.25) is 5.91 Å². The van der Waals surface area contributed by atoms with E-state index < -0.39 is 6.17 Å². The van der Waals surface area contributed by atoms with Crippen LogP contribution in [0.3, 0.4) is 0 Å². The van der Waals surface area contributed by atoms with Crippen molar-refractivity contribution in [1.82, 2.24) is 5.32 Å². The molecule has 3 heteroatoms. The zero-order valence-corrected chi connectivity index (χ0v) is 8.14. The van der Waals surface area contributed by atoms with Gasteiger partial charge < -0.3 is 5.32 Å². The number of carbonyl (C=O) groups excluding carboxylic acids is 1. The summed E-state index contributed by atoms with van der Waals surface area (Å²) in [5.74, 6) is 0.218. The molecule has 3 atom stereocenters. The quantitative estimate of drug-likeness (QED) is 0.611. The van der Waals surface area contributed by atoms with E-state index in [1.54, 1.807) is 0 Å². The van der Waals surface area contributed by atoms with Crippen molar-refractivity contribution in [2.45, 2.75) is 45.3 Å². The second kappa shape index (κ2) is 2.69. The maximum atomic E-state index is 13.4. The summed E-state index contributed by atoms with van der Waals surface area (Å²) in [4.78, 5) is 11.5. The Balaban J connectivity index is 2.25. The first kappa shape index (κ1) is 8.97. The number of hydrogen-bond donors (Lipinski definition) is 1. The van der Waals surface area contributed by atoms with E-state index in [0.717, 1.165) is 12.8 Å². The highest BCUT2D eigenvalue weighted by atomic mass is 19.1. The van der Waals surface area contributed by atoms with Gasteiger partial charge in [0.25, 0.3) is 0 Å². The van der Waals surface area contributed by atoms with Gasteiger partial charge >= 0.3 is 0 Å². The topological polar surface area (TPSA) is 29.1 Å². The van der Waals surface area contributed by atoms with Crippen molar-refractivity contribution in [3.05, 3.63) is 0 Å². The van der Waals surface area contributed by atoms with E-state index in [4.69, 9.17) is 0 Å². The number of alkyl halides is 1. The summed E-state index contributed by atoms with van der Waals surface area (Å²) in [5.41, 5.74) is -0.366. The van der Waals surface area contributed by atoms with E-state index in [2.05, 4.69) is 5.32 Å². The van der Waals surface area contributed by atoms with E-state index >= 15 is 0 Å². The Bertz CT molecular complexity index is 239. The Morgan fingerprint density at radius 3 is 2.77 bits per heavy atom. The maximum absolute atomic E-state index is 13.4. The third-order valence-corrected chi connectivity index (χ3v) is 3.63. The summed E-state index contributed by atoms with van der Waals surface area (Å²) in [6, 6.07) is -0.212. The number of rotatable bonds is 0. The average Bonchev–Trinajstić information content (AvgIpc) is 2.28. The molecular formula is C10H16FNO. The molecule has 0 aromatic heterocycles. The number of nitrogens with one attached hydrogen (secondary N) is 1. The molecule has 13 heavy (non-hydrogen) atoms. The molecule has 2 fully saturated rings. The molecule has 2 aliphatic rings. The third kappa shape index (κ3) is 1.17. The van der Waals surface area contributed by atoms with Crippen LogP contribution in [0, 0.1) is 11.3 Å². The monoisotopic (exact) mass is 185 g/mol. The van der Waals surface area contributed by atoms with Crippen LogP contribution in [-0.2, 0) is 4.79 Å². The SMILES string of the molecule is CC1(C)C(=O)NC2C(F)CCCC21. The van der Waals surface area contributed by atoms with Crippen LogP contribution in [-0.4, -0.2) is 18.1 Å². The average molecular weight is 185 g/mol. The largest absolute Gasteiger partial charge is 0.350 e. The second-order valence-electron chi connectivity index (χ2n) is 4.77. The molecule has 0 aromatic rings. The fourth-order valence-electron chi connectivity index (χ4n) is 2.65. The summed E-state index contributed by atoms with van der Waals surface area (Å²) in [6.45, 7) is 3.84. The van der Waals surface area contributed by atoms with E-state index in [0.29, 0.717) is 6.42 Å². The van der Waals surface area contributed by atoms with E-state index in [-0.39, 0.29) is 23.3 Å². The molecule has 1 heterocycles. The van der Waals surface area contributed by atoms with Gasteiger partial charge in [-0.05, 0) is 18.8 Å². The first-order valence-corrected chi connectivity index (χ1v) is 4.98. The Labute approximate surface area is 77.9 Å². The fourth-order valence-corrected chi connectivity index (χ4v) is 2.65. The van der Waals surface area contributed by atoms with Crippen LogP contribution < -0.4 is 5.32 Å². The molecule has 0 bridgehead atoms. The van der Waals surface area contributed by atoms with E-state index in [9.17, 15) is 9.18 Å². The number of fused-ring (bicyclic) bond motifs is 1. The summed E-state index contributed by atoms with van der Waals surface area (Å²) >= 11 is 0. The van der Waals surface area contributed by atoms with Gasteiger partial charge in [-0.15, -0.1) is 0 Å². The Morgan fingerprint density at radius 1 is 1.46 bits per heavy atom. The second-order valence-corrected chi connectivity index (χ2v) is 4.77. The first-order chi connectivity index (χ1) is 6.03. The normalized spacial score (nSPS) is 42.7. The van der Waals surface area contributed by atoms with Crippen molar-refractivity contribution in [3.8, 4) is 0 Å². The molecule has 1 aliphatic heterocycles. The maximum Gasteiger partial charge on any atom is 0.226 e. The lowest BCUT2D eigenvalue weighted by Gasteiger charge is -2.33. The van der Waals surface area contributed by atoms with Crippen LogP contribution in [0.25, 0.3) is 0 Å². The number of hydrogen-bond acceptors (Lipinski definition) is 1. The minimum atomic E-state index is -0.829. The van der Waals surface area contributed by atoms with Crippen LogP contribution in [0.1, 0.15) is 33.1 Å². The minimum Gasteiger partial charge on any atom is -0.350 e. The molecule has 1 N–H and O–H groups in total. The molecule has 1 aliphatic carbocycles. The Kier molecular flexibility index (Phi) is 1.86. The van der Waals surface area contributed by atoms with Crippen molar-refractivity contribution in [2.75, 3.05) is 0 Å². The van der Waals surface area contributed by atoms with Crippen LogP contribution in [0.4, 0.5) is 4.39 Å². The van der Waals surface area contributed by atoms with Gasteiger partial charge in [-0.1, -0.05) is 20.3 Å². The number of halogens is 1. The predicted octanol–water partition coefficient (Wildman–Crippen LogP) is 1.65. The number of amides is 1. The highest BCUT2D eigenvalue weighted by Crippen LogP contribution is 2.43. The van der Waals surface area contributed by atoms with Gasteiger partial charge in [-0.25, -0.2) is 4.39 Å². The standard InChI is InChI=1S/C10H16FNO/c1-10(2)6-4-3-5-7(11)8(6)12-9(10)13/h6-8H,3-5H2,1-2H3,(H,12,13). The minimum absolute atomic E-state index is 0.0204. The van der Waals surface area contributed by atoms with Crippen LogP contribution >= 0.6 is 0 Å². The van der Waals surface area contributed by atoms with Crippen molar-refractivity contribution in [1.29, 1.82) is 0 Å². The summed E-state index contributed by atoms with van der Waals surface area (Å²) < 4.78 is 13.4. The lowest BCUT2D eigenvalue weighted by atomic mass is 9.71. The molecule has 1 saturated heterocycles. The van der Waals surface area contributed by atoms with Gasteiger partial charge in [-0.2, -0.15) is 0 Å². The fraction of sp³-hybridized carbons (Fsp3) is 0.900. The van der Waals surface area contributed by atoms with Gasteiger partial charge in [0.05, 0.1) is 6.04 Å². The highest BCUT2D eigenvalue weighted by Gasteiger charge is 2.52. The molecule has 1 amide bonds. The summed E-state index contributed by atoms with van der Waals surface area (Å²) in [7, 11) is 0. The lowest BCUT2D eigenvalue weighted by molar-refractivity contribution is -0.127. The molecular weight excluding hydrogens is 169 g/mol. The van der Waals surface area contributed by atoms with Crippen molar-refractivity contribution >= 4 is 5.91 Å². The van der Waals surface area contributed by atoms with Gasteiger partial charge in [-0.3, -0.25) is 4.79 Å². The Hall–Kier alpha value is -0.600. The molecule has 0 spiro atoms. The van der Waals surface area contributed by atoms with Crippen LogP contribution in [0.15, 0.2) is 0 Å². The molecule has 74 valence electrons. The molecule has 0 radical (unpaired) electrons. The van der Waals surface area contributed by atoms with Crippen molar-refractivity contribution < 1.29 is 9.18 Å². The van der Waals surface area contributed by atoms with Crippen LogP contribution in [0.5, 0.6) is 0 Å². The van der Waals surface area contributed by atoms with E-state index in [1.165, 1.54) is 0 Å². The molecule has 3 unspecified atom stereocenters. The van der Waals surface area contributed by atoms with Crippen LogP contribution in [0.2, 0.25) is 0 Å². The molecule has 2 nitrogen and oxygen atoms in total. The molecule has 2 rings (SSSR count). The molecule has 0 aromatic carbocycles. The lowest BCUT2D eigenvalue weighted by Crippen LogP contribution is -2.41. The van der Waals surface area contributed by atoms with Gasteiger partial charge in [0.1, 0.15) is 6.17 Å².